The van der Waals surface area contributed by atoms with Gasteiger partial charge in [-0.2, -0.15) is 4.68 Å². The summed E-state index contributed by atoms with van der Waals surface area (Å²) in [5.41, 5.74) is 1.41. The van der Waals surface area contributed by atoms with Crippen molar-refractivity contribution in [1.29, 1.82) is 0 Å². The minimum atomic E-state index is 0.365. The van der Waals surface area contributed by atoms with Gasteiger partial charge in [0.15, 0.2) is 5.82 Å². The minimum Gasteiger partial charge on any atom is -0.313 e. The van der Waals surface area contributed by atoms with E-state index in [0.717, 1.165) is 30.5 Å². The predicted molar refractivity (Wildman–Crippen MR) is 80.2 cm³/mol. The van der Waals surface area contributed by atoms with Gasteiger partial charge in [0.05, 0.1) is 5.69 Å². The molecule has 5 heteroatoms. The van der Waals surface area contributed by atoms with E-state index in [0.29, 0.717) is 5.41 Å². The molecule has 21 heavy (non-hydrogen) atoms. The molecule has 0 saturated heterocycles. The van der Waals surface area contributed by atoms with Gasteiger partial charge in [0.1, 0.15) is 0 Å². The van der Waals surface area contributed by atoms with Crippen LogP contribution in [-0.4, -0.2) is 32.8 Å². The quantitative estimate of drug-likeness (QED) is 0.882. The third-order valence-corrected chi connectivity index (χ3v) is 4.83. The fourth-order valence-electron chi connectivity index (χ4n) is 3.16. The molecule has 2 fully saturated rings. The Balaban J connectivity index is 1.52. The molecular formula is C16H21N5. The smallest absolute Gasteiger partial charge is 0.157 e. The van der Waals surface area contributed by atoms with Crippen LogP contribution >= 0.6 is 0 Å². The van der Waals surface area contributed by atoms with Gasteiger partial charge in [0.25, 0.3) is 0 Å². The van der Waals surface area contributed by atoms with E-state index in [-0.39, 0.29) is 0 Å². The molecule has 4 rings (SSSR count). The van der Waals surface area contributed by atoms with Crippen molar-refractivity contribution in [3.63, 3.8) is 0 Å². The van der Waals surface area contributed by atoms with Crippen molar-refractivity contribution in [3.05, 3.63) is 36.2 Å². The Morgan fingerprint density at radius 3 is 2.67 bits per heavy atom. The van der Waals surface area contributed by atoms with Crippen molar-refractivity contribution in [2.45, 2.75) is 44.6 Å². The van der Waals surface area contributed by atoms with Crippen molar-refractivity contribution in [3.8, 4) is 5.69 Å². The average Bonchev–Trinajstić information content (AvgIpc) is 3.20. The van der Waals surface area contributed by atoms with Crippen LogP contribution in [-0.2, 0) is 6.42 Å². The van der Waals surface area contributed by atoms with Crippen LogP contribution in [0.1, 0.15) is 37.9 Å². The fourth-order valence-corrected chi connectivity index (χ4v) is 3.16. The maximum absolute atomic E-state index is 4.28. The summed E-state index contributed by atoms with van der Waals surface area (Å²) in [5.74, 6) is 0.985. The highest BCUT2D eigenvalue weighted by Crippen LogP contribution is 2.43. The summed E-state index contributed by atoms with van der Waals surface area (Å²) in [4.78, 5) is 0. The molecule has 2 aromatic rings. The second-order valence-corrected chi connectivity index (χ2v) is 6.53. The molecule has 0 radical (unpaired) electrons. The van der Waals surface area contributed by atoms with Crippen LogP contribution in [0.2, 0.25) is 0 Å². The summed E-state index contributed by atoms with van der Waals surface area (Å²) in [6.45, 7) is 1.11. The van der Waals surface area contributed by atoms with E-state index in [1.165, 1.54) is 32.1 Å². The van der Waals surface area contributed by atoms with Crippen LogP contribution < -0.4 is 5.32 Å². The monoisotopic (exact) mass is 283 g/mol. The second kappa shape index (κ2) is 5.22. The number of nitrogens with one attached hydrogen (secondary N) is 1. The normalized spacial score (nSPS) is 20.2. The first-order valence-electron chi connectivity index (χ1n) is 7.91. The van der Waals surface area contributed by atoms with Gasteiger partial charge < -0.3 is 5.32 Å². The number of nitrogens with zero attached hydrogens (tertiary/aromatic N) is 4. The summed E-state index contributed by atoms with van der Waals surface area (Å²) in [6.07, 6.45) is 7.56. The first-order valence-corrected chi connectivity index (χ1v) is 7.91. The van der Waals surface area contributed by atoms with Crippen molar-refractivity contribution in [1.82, 2.24) is 25.5 Å². The van der Waals surface area contributed by atoms with E-state index in [1.807, 2.05) is 22.9 Å². The van der Waals surface area contributed by atoms with Gasteiger partial charge in [0.2, 0.25) is 0 Å². The third-order valence-electron chi connectivity index (χ3n) is 4.83. The average molecular weight is 283 g/mol. The van der Waals surface area contributed by atoms with Crippen molar-refractivity contribution < 1.29 is 0 Å². The zero-order valence-electron chi connectivity index (χ0n) is 12.2. The molecule has 0 unspecified atom stereocenters. The summed E-state index contributed by atoms with van der Waals surface area (Å²) in [7, 11) is 0. The van der Waals surface area contributed by atoms with Crippen molar-refractivity contribution >= 4 is 0 Å². The van der Waals surface area contributed by atoms with Gasteiger partial charge in [0, 0.05) is 19.0 Å². The summed E-state index contributed by atoms with van der Waals surface area (Å²) < 4.78 is 1.89. The third kappa shape index (κ3) is 2.70. The van der Waals surface area contributed by atoms with Gasteiger partial charge in [-0.15, -0.1) is 5.10 Å². The SMILES string of the molecule is c1ccc(-n2nnnc2CC2(CNC3CC3)CCC2)cc1. The number of tetrazole rings is 1. The lowest BCUT2D eigenvalue weighted by molar-refractivity contribution is 0.125. The maximum Gasteiger partial charge on any atom is 0.157 e. The van der Waals surface area contributed by atoms with Crippen LogP contribution in [0.4, 0.5) is 0 Å². The van der Waals surface area contributed by atoms with Gasteiger partial charge >= 0.3 is 0 Å². The molecule has 0 amide bonds. The predicted octanol–water partition coefficient (Wildman–Crippen LogP) is 2.13. The Labute approximate surface area is 124 Å². The molecule has 2 aliphatic rings. The topological polar surface area (TPSA) is 55.6 Å². The molecule has 110 valence electrons. The number of aromatic nitrogens is 4. The van der Waals surface area contributed by atoms with E-state index >= 15 is 0 Å². The highest BCUT2D eigenvalue weighted by molar-refractivity contribution is 5.30. The Morgan fingerprint density at radius 1 is 1.19 bits per heavy atom. The Hall–Kier alpha value is -1.75. The summed E-state index contributed by atoms with van der Waals surface area (Å²) in [6, 6.07) is 10.9. The Kier molecular flexibility index (Phi) is 3.22. The molecule has 2 aliphatic carbocycles. The molecule has 5 nitrogen and oxygen atoms in total. The molecule has 1 N–H and O–H groups in total. The Morgan fingerprint density at radius 2 is 2.00 bits per heavy atom. The van der Waals surface area contributed by atoms with E-state index in [4.69, 9.17) is 0 Å². The van der Waals surface area contributed by atoms with E-state index in [1.54, 1.807) is 0 Å². The van der Waals surface area contributed by atoms with Gasteiger partial charge in [-0.05, 0) is 53.7 Å². The summed E-state index contributed by atoms with van der Waals surface area (Å²) in [5, 5.41) is 16.0. The van der Waals surface area contributed by atoms with Gasteiger partial charge in [-0.25, -0.2) is 0 Å². The standard InChI is InChI=1S/C16H21N5/c1-2-5-14(6-3-1)21-15(18-19-20-21)11-16(9-4-10-16)12-17-13-7-8-13/h1-3,5-6,13,17H,4,7-12H2. The highest BCUT2D eigenvalue weighted by Gasteiger charge is 2.39. The fraction of sp³-hybridized carbons (Fsp3) is 0.562. The van der Waals surface area contributed by atoms with Gasteiger partial charge in [-0.1, -0.05) is 24.6 Å². The molecule has 0 atom stereocenters. The molecule has 1 heterocycles. The molecule has 1 aromatic carbocycles. The van der Waals surface area contributed by atoms with Crippen LogP contribution in [0.25, 0.3) is 5.69 Å². The lowest BCUT2D eigenvalue weighted by atomic mass is 9.66. The number of hydrogen-bond acceptors (Lipinski definition) is 4. The minimum absolute atomic E-state index is 0.365. The van der Waals surface area contributed by atoms with Crippen LogP contribution in [0, 0.1) is 5.41 Å². The van der Waals surface area contributed by atoms with E-state index in [2.05, 4.69) is 33.0 Å². The van der Waals surface area contributed by atoms with Crippen molar-refractivity contribution in [2.75, 3.05) is 6.54 Å². The summed E-state index contributed by atoms with van der Waals surface area (Å²) >= 11 is 0. The maximum atomic E-state index is 4.28. The first-order chi connectivity index (χ1) is 10.3. The van der Waals surface area contributed by atoms with Crippen LogP contribution in [0.3, 0.4) is 0 Å². The first kappa shape index (κ1) is 13.0. The number of hydrogen-bond donors (Lipinski definition) is 1. The number of benzene rings is 1. The van der Waals surface area contributed by atoms with E-state index < -0.39 is 0 Å². The molecule has 0 aliphatic heterocycles. The number of para-hydroxylation sites is 1. The zero-order valence-corrected chi connectivity index (χ0v) is 12.2. The van der Waals surface area contributed by atoms with E-state index in [9.17, 15) is 0 Å². The second-order valence-electron chi connectivity index (χ2n) is 6.53. The van der Waals surface area contributed by atoms with Gasteiger partial charge in [-0.3, -0.25) is 0 Å². The Bertz CT molecular complexity index is 598. The molecular weight excluding hydrogens is 262 g/mol. The lowest BCUT2D eigenvalue weighted by Gasteiger charge is -2.42. The lowest BCUT2D eigenvalue weighted by Crippen LogP contribution is -2.43. The van der Waals surface area contributed by atoms with Crippen LogP contribution in [0.15, 0.2) is 30.3 Å². The van der Waals surface area contributed by atoms with Crippen molar-refractivity contribution in [2.24, 2.45) is 5.41 Å². The molecule has 2 saturated carbocycles. The number of rotatable bonds is 6. The molecule has 0 spiro atoms. The largest absolute Gasteiger partial charge is 0.313 e. The molecule has 1 aromatic heterocycles. The zero-order chi connectivity index (χ0) is 14.1. The molecule has 0 bridgehead atoms. The van der Waals surface area contributed by atoms with Crippen LogP contribution in [0.5, 0.6) is 0 Å². The highest BCUT2D eigenvalue weighted by atomic mass is 15.5.